The molecule has 0 aliphatic rings. The maximum Gasteiger partial charge on any atom is 0.401 e. The van der Waals surface area contributed by atoms with Crippen LogP contribution in [0, 0.1) is 5.92 Å². The summed E-state index contributed by atoms with van der Waals surface area (Å²) >= 11 is 0. The molecule has 3 N–H and O–H groups in total. The van der Waals surface area contributed by atoms with Crippen molar-refractivity contribution >= 4 is 5.91 Å². The topological polar surface area (TPSA) is 55.1 Å². The van der Waals surface area contributed by atoms with Crippen LogP contribution in [0.3, 0.4) is 0 Å². The number of hydrogen-bond acceptors (Lipinski definition) is 2. The Morgan fingerprint density at radius 3 is 2.07 bits per heavy atom. The maximum absolute atomic E-state index is 12.0. The van der Waals surface area contributed by atoms with Gasteiger partial charge < -0.3 is 5.73 Å². The predicted octanol–water partition coefficient (Wildman–Crippen LogP) is 1.43. The molecule has 0 fully saturated rings. The van der Waals surface area contributed by atoms with E-state index in [9.17, 15) is 18.0 Å². The number of rotatable bonds is 5. The summed E-state index contributed by atoms with van der Waals surface area (Å²) in [5.74, 6) is -1.04. The molecule has 3 nitrogen and oxygen atoms in total. The molecule has 0 aromatic heterocycles. The second-order valence-corrected chi connectivity index (χ2v) is 3.81. The van der Waals surface area contributed by atoms with Crippen LogP contribution in [-0.2, 0) is 4.79 Å². The molecule has 90 valence electrons. The zero-order chi connectivity index (χ0) is 12.3. The van der Waals surface area contributed by atoms with Gasteiger partial charge in [0.15, 0.2) is 0 Å². The summed E-state index contributed by atoms with van der Waals surface area (Å²) in [4.78, 5) is 11.2. The van der Waals surface area contributed by atoms with Crippen molar-refractivity contribution in [1.29, 1.82) is 0 Å². The number of nitrogens with one attached hydrogen (secondary N) is 1. The van der Waals surface area contributed by atoms with Crippen molar-refractivity contribution in [2.45, 2.75) is 38.9 Å². The summed E-state index contributed by atoms with van der Waals surface area (Å²) in [6.07, 6.45) is -4.11. The van der Waals surface area contributed by atoms with E-state index in [0.29, 0.717) is 0 Å². The van der Waals surface area contributed by atoms with Gasteiger partial charge in [-0.2, -0.15) is 13.2 Å². The lowest BCUT2D eigenvalue weighted by Gasteiger charge is -2.35. The van der Waals surface area contributed by atoms with Crippen molar-refractivity contribution in [1.82, 2.24) is 5.32 Å². The normalized spacial score (nSPS) is 16.5. The molecule has 0 spiro atoms. The van der Waals surface area contributed by atoms with E-state index >= 15 is 0 Å². The molecule has 0 aromatic rings. The fraction of sp³-hybridized carbons (Fsp3) is 0.889. The van der Waals surface area contributed by atoms with Crippen LogP contribution in [0.1, 0.15) is 27.2 Å². The number of primary amides is 1. The largest absolute Gasteiger partial charge is 0.401 e. The molecule has 0 bridgehead atoms. The highest BCUT2D eigenvalue weighted by Crippen LogP contribution is 2.23. The minimum Gasteiger partial charge on any atom is -0.368 e. The van der Waals surface area contributed by atoms with E-state index in [1.165, 1.54) is 0 Å². The number of halogens is 3. The van der Waals surface area contributed by atoms with Crippen molar-refractivity contribution in [2.75, 3.05) is 6.54 Å². The highest BCUT2D eigenvalue weighted by molar-refractivity contribution is 5.84. The molecule has 0 heterocycles. The quantitative estimate of drug-likeness (QED) is 0.745. The Hall–Kier alpha value is -0.780. The second-order valence-electron chi connectivity index (χ2n) is 3.81. The Morgan fingerprint density at radius 1 is 1.40 bits per heavy atom. The van der Waals surface area contributed by atoms with Crippen molar-refractivity contribution in [3.8, 4) is 0 Å². The first kappa shape index (κ1) is 14.2. The monoisotopic (exact) mass is 226 g/mol. The number of amides is 1. The fourth-order valence-corrected chi connectivity index (χ4v) is 1.54. The van der Waals surface area contributed by atoms with Gasteiger partial charge in [-0.15, -0.1) is 0 Å². The Morgan fingerprint density at radius 2 is 1.87 bits per heavy atom. The van der Waals surface area contributed by atoms with Crippen molar-refractivity contribution in [3.63, 3.8) is 0 Å². The van der Waals surface area contributed by atoms with E-state index in [1.54, 1.807) is 20.8 Å². The molecule has 0 radical (unpaired) electrons. The van der Waals surface area contributed by atoms with Crippen LogP contribution in [0.25, 0.3) is 0 Å². The van der Waals surface area contributed by atoms with Crippen LogP contribution >= 0.6 is 0 Å². The molecule has 0 aliphatic carbocycles. The molecule has 15 heavy (non-hydrogen) atoms. The predicted molar refractivity (Wildman–Crippen MR) is 51.1 cm³/mol. The molecule has 0 aliphatic heterocycles. The molecule has 0 saturated heterocycles. The number of nitrogens with two attached hydrogens (primary N) is 1. The van der Waals surface area contributed by atoms with Gasteiger partial charge in [0.2, 0.25) is 5.91 Å². The lowest BCUT2D eigenvalue weighted by Crippen LogP contribution is -2.60. The van der Waals surface area contributed by atoms with E-state index in [1.807, 2.05) is 0 Å². The summed E-state index contributed by atoms with van der Waals surface area (Å²) in [6.45, 7) is 3.76. The highest BCUT2D eigenvalue weighted by atomic mass is 19.4. The smallest absolute Gasteiger partial charge is 0.368 e. The average molecular weight is 226 g/mol. The van der Waals surface area contributed by atoms with Gasteiger partial charge in [0.1, 0.15) is 0 Å². The van der Waals surface area contributed by atoms with Crippen molar-refractivity contribution in [2.24, 2.45) is 11.7 Å². The first-order chi connectivity index (χ1) is 6.65. The third-order valence-corrected chi connectivity index (χ3v) is 2.59. The SMILES string of the molecule is CCC(NCC(F)(F)F)(C(N)=O)C(C)C. The van der Waals surface area contributed by atoms with Crippen molar-refractivity contribution in [3.05, 3.63) is 0 Å². The van der Waals surface area contributed by atoms with Crippen LogP contribution in [-0.4, -0.2) is 24.2 Å². The van der Waals surface area contributed by atoms with Gasteiger partial charge in [-0.3, -0.25) is 10.1 Å². The van der Waals surface area contributed by atoms with E-state index in [2.05, 4.69) is 5.32 Å². The fourth-order valence-electron chi connectivity index (χ4n) is 1.54. The number of carbonyl (C=O) groups is 1. The molecular formula is C9H17F3N2O. The molecule has 1 atom stereocenters. The highest BCUT2D eigenvalue weighted by Gasteiger charge is 2.41. The Labute approximate surface area is 87.2 Å². The summed E-state index contributed by atoms with van der Waals surface area (Å²) in [6, 6.07) is 0. The first-order valence-electron chi connectivity index (χ1n) is 4.77. The van der Waals surface area contributed by atoms with Crippen LogP contribution in [0.5, 0.6) is 0 Å². The second kappa shape index (κ2) is 4.83. The van der Waals surface area contributed by atoms with E-state index in [0.717, 1.165) is 0 Å². The zero-order valence-electron chi connectivity index (χ0n) is 9.11. The summed E-state index contributed by atoms with van der Waals surface area (Å²) in [7, 11) is 0. The summed E-state index contributed by atoms with van der Waals surface area (Å²) < 4.78 is 36.1. The Bertz CT molecular complexity index is 228. The van der Waals surface area contributed by atoms with Gasteiger partial charge in [0.05, 0.1) is 12.1 Å². The average Bonchev–Trinajstić information content (AvgIpc) is 2.02. The number of hydrogen-bond donors (Lipinski definition) is 2. The molecule has 0 saturated carbocycles. The van der Waals surface area contributed by atoms with Gasteiger partial charge in [0, 0.05) is 0 Å². The maximum atomic E-state index is 12.0. The standard InChI is InChI=1S/C9H17F3N2O/c1-4-8(6(2)3,7(13)15)14-5-9(10,11)12/h6,14H,4-5H2,1-3H3,(H2,13,15). The number of alkyl halides is 3. The summed E-state index contributed by atoms with van der Waals surface area (Å²) in [5.41, 5.74) is 3.86. The Kier molecular flexibility index (Phi) is 4.58. The third kappa shape index (κ3) is 3.70. The van der Waals surface area contributed by atoms with Crippen molar-refractivity contribution < 1.29 is 18.0 Å². The van der Waals surface area contributed by atoms with Gasteiger partial charge in [-0.25, -0.2) is 0 Å². The molecule has 0 rings (SSSR count). The Balaban J connectivity index is 4.72. The van der Waals surface area contributed by atoms with Crippen LogP contribution in [0.4, 0.5) is 13.2 Å². The van der Waals surface area contributed by atoms with Gasteiger partial charge in [-0.05, 0) is 12.3 Å². The molecule has 6 heteroatoms. The number of carbonyl (C=O) groups excluding carboxylic acids is 1. The lowest BCUT2D eigenvalue weighted by atomic mass is 9.83. The van der Waals surface area contributed by atoms with Gasteiger partial charge >= 0.3 is 6.18 Å². The van der Waals surface area contributed by atoms with Crippen LogP contribution < -0.4 is 11.1 Å². The minimum atomic E-state index is -4.34. The lowest BCUT2D eigenvalue weighted by molar-refractivity contribution is -0.138. The van der Waals surface area contributed by atoms with Gasteiger partial charge in [0.25, 0.3) is 0 Å². The zero-order valence-corrected chi connectivity index (χ0v) is 9.11. The van der Waals surface area contributed by atoms with E-state index in [4.69, 9.17) is 5.73 Å². The third-order valence-electron chi connectivity index (χ3n) is 2.59. The van der Waals surface area contributed by atoms with E-state index < -0.39 is 24.2 Å². The summed E-state index contributed by atoms with van der Waals surface area (Å²) in [5, 5.41) is 2.22. The van der Waals surface area contributed by atoms with Gasteiger partial charge in [-0.1, -0.05) is 20.8 Å². The molecular weight excluding hydrogens is 209 g/mol. The molecule has 0 aromatic carbocycles. The molecule has 1 unspecified atom stereocenters. The minimum absolute atomic E-state index is 0.232. The van der Waals surface area contributed by atoms with Crippen LogP contribution in [0.2, 0.25) is 0 Å². The van der Waals surface area contributed by atoms with E-state index in [-0.39, 0.29) is 12.3 Å². The van der Waals surface area contributed by atoms with Crippen LogP contribution in [0.15, 0.2) is 0 Å². The molecule has 1 amide bonds. The first-order valence-corrected chi connectivity index (χ1v) is 4.77.